The Bertz CT molecular complexity index is 674. The van der Waals surface area contributed by atoms with Gasteiger partial charge in [0.2, 0.25) is 5.91 Å². The van der Waals surface area contributed by atoms with Crippen LogP contribution in [0, 0.1) is 0 Å². The molecule has 0 bridgehead atoms. The molecule has 0 aliphatic heterocycles. The molecule has 0 aliphatic carbocycles. The molecule has 0 unspecified atom stereocenters. The van der Waals surface area contributed by atoms with Crippen molar-refractivity contribution in [2.45, 2.75) is 6.18 Å². The Morgan fingerprint density at radius 3 is 2.71 bits per heavy atom. The molecule has 0 spiro atoms. The highest BCUT2D eigenvalue weighted by Gasteiger charge is 2.30. The maximum Gasteiger partial charge on any atom is 0.416 e. The number of hydrogen-bond acceptors (Lipinski definition) is 2. The summed E-state index contributed by atoms with van der Waals surface area (Å²) in [5.41, 5.74) is -0.462. The van der Waals surface area contributed by atoms with E-state index in [1.165, 1.54) is 22.9 Å². The Labute approximate surface area is 118 Å². The van der Waals surface area contributed by atoms with Crippen molar-refractivity contribution < 1.29 is 18.0 Å². The van der Waals surface area contributed by atoms with Crippen molar-refractivity contribution in [3.05, 3.63) is 53.7 Å². The number of carbonyl (C=O) groups excluding carboxylic acids is 1. The predicted octanol–water partition coefficient (Wildman–Crippen LogP) is 3.09. The van der Waals surface area contributed by atoms with E-state index in [1.54, 1.807) is 19.3 Å². The first-order chi connectivity index (χ1) is 9.84. The second-order valence-corrected chi connectivity index (χ2v) is 4.32. The summed E-state index contributed by atoms with van der Waals surface area (Å²) in [6, 6.07) is 6.34. The van der Waals surface area contributed by atoms with Crippen molar-refractivity contribution in [2.75, 3.05) is 5.32 Å². The van der Waals surface area contributed by atoms with Gasteiger partial charge in [-0.2, -0.15) is 18.3 Å². The maximum atomic E-state index is 12.5. The van der Waals surface area contributed by atoms with E-state index < -0.39 is 17.6 Å². The zero-order valence-corrected chi connectivity index (χ0v) is 11.1. The number of nitrogens with zero attached hydrogens (tertiary/aromatic N) is 2. The Morgan fingerprint density at radius 1 is 1.33 bits per heavy atom. The lowest BCUT2D eigenvalue weighted by atomic mass is 10.1. The third-order valence-corrected chi connectivity index (χ3v) is 2.61. The number of aromatic nitrogens is 2. The molecule has 4 nitrogen and oxygen atoms in total. The van der Waals surface area contributed by atoms with Crippen molar-refractivity contribution in [3.8, 4) is 0 Å². The average Bonchev–Trinajstić information content (AvgIpc) is 2.81. The lowest BCUT2D eigenvalue weighted by Gasteiger charge is -2.06. The van der Waals surface area contributed by atoms with Crippen molar-refractivity contribution in [1.29, 1.82) is 0 Å². The molecule has 0 saturated heterocycles. The van der Waals surface area contributed by atoms with Crippen LogP contribution in [-0.2, 0) is 18.0 Å². The summed E-state index contributed by atoms with van der Waals surface area (Å²) in [7, 11) is 1.70. The van der Waals surface area contributed by atoms with Gasteiger partial charge < -0.3 is 5.32 Å². The fraction of sp³-hybridized carbons (Fsp3) is 0.143. The smallest absolute Gasteiger partial charge is 0.306 e. The van der Waals surface area contributed by atoms with Gasteiger partial charge in [0.1, 0.15) is 0 Å². The van der Waals surface area contributed by atoms with Crippen LogP contribution in [0.25, 0.3) is 6.08 Å². The molecule has 2 aromatic rings. The summed E-state index contributed by atoms with van der Waals surface area (Å²) in [6.07, 6.45) is -0.274. The van der Waals surface area contributed by atoms with E-state index >= 15 is 0 Å². The third kappa shape index (κ3) is 4.20. The van der Waals surface area contributed by atoms with Gasteiger partial charge in [-0.25, -0.2) is 0 Å². The van der Waals surface area contributed by atoms with Gasteiger partial charge in [0.15, 0.2) is 5.82 Å². The highest BCUT2D eigenvalue weighted by molar-refractivity contribution is 6.01. The van der Waals surface area contributed by atoms with Crippen LogP contribution in [0.5, 0.6) is 0 Å². The maximum absolute atomic E-state index is 12.5. The van der Waals surface area contributed by atoms with Gasteiger partial charge in [-0.3, -0.25) is 9.48 Å². The molecule has 0 saturated carbocycles. The first-order valence-corrected chi connectivity index (χ1v) is 6.00. The number of hydrogen-bond donors (Lipinski definition) is 1. The van der Waals surface area contributed by atoms with Gasteiger partial charge in [0.05, 0.1) is 5.56 Å². The lowest BCUT2D eigenvalue weighted by molar-refractivity contribution is -0.137. The van der Waals surface area contributed by atoms with Crippen LogP contribution >= 0.6 is 0 Å². The number of anilines is 1. The molecule has 0 fully saturated rings. The third-order valence-electron chi connectivity index (χ3n) is 2.61. The van der Waals surface area contributed by atoms with Crippen molar-refractivity contribution in [2.24, 2.45) is 7.05 Å². The van der Waals surface area contributed by atoms with Gasteiger partial charge in [0.25, 0.3) is 0 Å². The number of carbonyl (C=O) groups is 1. The minimum absolute atomic E-state index is 0.293. The zero-order valence-electron chi connectivity index (χ0n) is 11.1. The van der Waals surface area contributed by atoms with Gasteiger partial charge in [-0.1, -0.05) is 12.1 Å². The van der Waals surface area contributed by atoms with Crippen molar-refractivity contribution in [3.63, 3.8) is 0 Å². The minimum Gasteiger partial charge on any atom is -0.306 e. The molecule has 0 radical (unpaired) electrons. The van der Waals surface area contributed by atoms with Gasteiger partial charge in [0, 0.05) is 25.4 Å². The second-order valence-electron chi connectivity index (χ2n) is 4.32. The SMILES string of the molecule is Cn1ccc(NC(=O)/C=C/c2cccc(C(F)(F)F)c2)n1. The Hall–Kier alpha value is -2.57. The number of amides is 1. The fourth-order valence-corrected chi connectivity index (χ4v) is 1.64. The highest BCUT2D eigenvalue weighted by Crippen LogP contribution is 2.29. The van der Waals surface area contributed by atoms with Crippen LogP contribution in [0.3, 0.4) is 0 Å². The molecule has 0 aliphatic rings. The van der Waals surface area contributed by atoms with Crippen LogP contribution in [0.2, 0.25) is 0 Å². The summed E-state index contributed by atoms with van der Waals surface area (Å²) < 4.78 is 39.1. The quantitative estimate of drug-likeness (QED) is 0.885. The molecule has 1 aromatic heterocycles. The average molecular weight is 295 g/mol. The fourth-order valence-electron chi connectivity index (χ4n) is 1.64. The summed E-state index contributed by atoms with van der Waals surface area (Å²) in [6.45, 7) is 0. The monoisotopic (exact) mass is 295 g/mol. The summed E-state index contributed by atoms with van der Waals surface area (Å²) in [4.78, 5) is 11.6. The van der Waals surface area contributed by atoms with E-state index in [-0.39, 0.29) is 0 Å². The number of aryl methyl sites for hydroxylation is 1. The molecule has 7 heteroatoms. The molecular formula is C14H12F3N3O. The van der Waals surface area contributed by atoms with E-state index in [2.05, 4.69) is 10.4 Å². The summed E-state index contributed by atoms with van der Waals surface area (Å²) >= 11 is 0. The minimum atomic E-state index is -4.40. The largest absolute Gasteiger partial charge is 0.416 e. The molecule has 1 heterocycles. The normalized spacial score (nSPS) is 11.8. The van der Waals surface area contributed by atoms with E-state index in [1.807, 2.05) is 0 Å². The number of alkyl halides is 3. The van der Waals surface area contributed by atoms with Crippen LogP contribution in [0.15, 0.2) is 42.6 Å². The van der Waals surface area contributed by atoms with Gasteiger partial charge in [-0.05, 0) is 23.8 Å². The molecule has 1 aromatic carbocycles. The van der Waals surface area contributed by atoms with Crippen molar-refractivity contribution >= 4 is 17.8 Å². The Balaban J connectivity index is 2.05. The molecular weight excluding hydrogens is 283 g/mol. The van der Waals surface area contributed by atoms with E-state index in [9.17, 15) is 18.0 Å². The molecule has 1 N–H and O–H groups in total. The van der Waals surface area contributed by atoms with Gasteiger partial charge in [-0.15, -0.1) is 0 Å². The summed E-state index contributed by atoms with van der Waals surface area (Å²) in [5, 5.41) is 6.45. The van der Waals surface area contributed by atoms with Crippen molar-refractivity contribution in [1.82, 2.24) is 9.78 Å². The van der Waals surface area contributed by atoms with E-state index in [0.717, 1.165) is 18.2 Å². The van der Waals surface area contributed by atoms with Crippen LogP contribution in [0.4, 0.5) is 19.0 Å². The topological polar surface area (TPSA) is 46.9 Å². The zero-order chi connectivity index (χ0) is 15.5. The van der Waals surface area contributed by atoms with Crippen LogP contribution in [-0.4, -0.2) is 15.7 Å². The molecule has 110 valence electrons. The first-order valence-electron chi connectivity index (χ1n) is 6.00. The highest BCUT2D eigenvalue weighted by atomic mass is 19.4. The number of nitrogens with one attached hydrogen (secondary N) is 1. The molecule has 1 amide bonds. The molecule has 21 heavy (non-hydrogen) atoms. The standard InChI is InChI=1S/C14H12F3N3O/c1-20-8-7-12(19-20)18-13(21)6-5-10-3-2-4-11(9-10)14(15,16)17/h2-9H,1H3,(H,18,19,21)/b6-5+. The lowest BCUT2D eigenvalue weighted by Crippen LogP contribution is -2.08. The predicted molar refractivity (Wildman–Crippen MR) is 72.3 cm³/mol. The van der Waals surface area contributed by atoms with E-state index in [4.69, 9.17) is 0 Å². The first kappa shape index (κ1) is 14.8. The van der Waals surface area contributed by atoms with Gasteiger partial charge >= 0.3 is 6.18 Å². The number of halogens is 3. The Morgan fingerprint density at radius 2 is 2.10 bits per heavy atom. The number of rotatable bonds is 3. The molecule has 0 atom stereocenters. The second kappa shape index (κ2) is 5.82. The Kier molecular flexibility index (Phi) is 4.11. The van der Waals surface area contributed by atoms with Crippen LogP contribution < -0.4 is 5.32 Å². The van der Waals surface area contributed by atoms with Crippen LogP contribution in [0.1, 0.15) is 11.1 Å². The summed E-state index contributed by atoms with van der Waals surface area (Å²) in [5.74, 6) is -0.0951. The van der Waals surface area contributed by atoms with E-state index in [0.29, 0.717) is 11.4 Å². The molecule has 2 rings (SSSR count). The number of benzene rings is 1.